The molecule has 3 rings (SSSR count). The van der Waals surface area contributed by atoms with E-state index in [1.54, 1.807) is 12.3 Å². The Bertz CT molecular complexity index is 558. The number of aromatic nitrogens is 2. The minimum atomic E-state index is -0.253. The molecule has 88 valence electrons. The summed E-state index contributed by atoms with van der Waals surface area (Å²) in [6.45, 7) is 0. The molecule has 5 heteroatoms. The summed E-state index contributed by atoms with van der Waals surface area (Å²) < 4.78 is 0. The van der Waals surface area contributed by atoms with Crippen LogP contribution in [-0.4, -0.2) is 33.4 Å². The number of hydrogen-bond donors (Lipinski definition) is 3. The van der Waals surface area contributed by atoms with Gasteiger partial charge in [0.05, 0.1) is 17.8 Å². The fourth-order valence-corrected chi connectivity index (χ4v) is 2.06. The van der Waals surface area contributed by atoms with Crippen molar-refractivity contribution >= 4 is 16.8 Å². The van der Waals surface area contributed by atoms with E-state index in [1.807, 2.05) is 12.1 Å². The monoisotopic (exact) mass is 231 g/mol. The summed E-state index contributed by atoms with van der Waals surface area (Å²) in [6.07, 6.45) is 2.75. The summed E-state index contributed by atoms with van der Waals surface area (Å²) in [5.74, 6) is -0.0926. The van der Waals surface area contributed by atoms with Gasteiger partial charge in [0.15, 0.2) is 0 Å². The molecule has 1 aliphatic carbocycles. The fourth-order valence-electron chi connectivity index (χ4n) is 2.06. The van der Waals surface area contributed by atoms with Crippen molar-refractivity contribution in [1.82, 2.24) is 15.5 Å². The number of carbonyl (C=O) groups excluding carboxylic acids is 1. The van der Waals surface area contributed by atoms with Gasteiger partial charge in [-0.2, -0.15) is 5.10 Å². The maximum absolute atomic E-state index is 11.9. The van der Waals surface area contributed by atoms with Crippen LogP contribution < -0.4 is 5.32 Å². The Balaban J connectivity index is 1.76. The first-order chi connectivity index (χ1) is 8.22. The largest absolute Gasteiger partial charge is 0.393 e. The lowest BCUT2D eigenvalue weighted by atomic mass is 9.89. The van der Waals surface area contributed by atoms with Crippen LogP contribution in [0.4, 0.5) is 0 Å². The Kier molecular flexibility index (Phi) is 2.33. The number of carbonyl (C=O) groups is 1. The third-order valence-electron chi connectivity index (χ3n) is 3.15. The highest BCUT2D eigenvalue weighted by atomic mass is 16.3. The molecular formula is C12H13N3O2. The van der Waals surface area contributed by atoms with Gasteiger partial charge >= 0.3 is 0 Å². The van der Waals surface area contributed by atoms with Crippen LogP contribution in [0, 0.1) is 0 Å². The maximum atomic E-state index is 11.9. The molecule has 2 aromatic rings. The van der Waals surface area contributed by atoms with Gasteiger partial charge < -0.3 is 10.4 Å². The lowest BCUT2D eigenvalue weighted by Gasteiger charge is -2.31. The predicted octanol–water partition coefficient (Wildman–Crippen LogP) is 0.816. The molecule has 1 heterocycles. The fraction of sp³-hybridized carbons (Fsp3) is 0.333. The molecule has 1 saturated carbocycles. The standard InChI is InChI=1S/C12H13N3O2/c16-10-4-9(5-10)14-12(17)7-1-2-11-8(3-7)6-13-15-11/h1-3,6,9-10,16H,4-5H2,(H,13,15)(H,14,17). The number of aliphatic hydroxyl groups excluding tert-OH is 1. The number of H-pyrrole nitrogens is 1. The van der Waals surface area contributed by atoms with Crippen LogP contribution in [0.15, 0.2) is 24.4 Å². The Labute approximate surface area is 97.8 Å². The Morgan fingerprint density at radius 2 is 2.29 bits per heavy atom. The van der Waals surface area contributed by atoms with Crippen LogP contribution >= 0.6 is 0 Å². The second-order valence-electron chi connectivity index (χ2n) is 4.47. The molecule has 1 amide bonds. The molecule has 5 nitrogen and oxygen atoms in total. The number of amides is 1. The van der Waals surface area contributed by atoms with Crippen molar-refractivity contribution in [1.29, 1.82) is 0 Å². The number of nitrogens with zero attached hydrogens (tertiary/aromatic N) is 1. The third-order valence-corrected chi connectivity index (χ3v) is 3.15. The van der Waals surface area contributed by atoms with Crippen molar-refractivity contribution in [3.63, 3.8) is 0 Å². The van der Waals surface area contributed by atoms with E-state index in [0.29, 0.717) is 18.4 Å². The summed E-state index contributed by atoms with van der Waals surface area (Å²) in [5, 5.41) is 19.7. The minimum absolute atomic E-state index is 0.0926. The minimum Gasteiger partial charge on any atom is -0.393 e. The third kappa shape index (κ3) is 1.89. The Morgan fingerprint density at radius 3 is 3.06 bits per heavy atom. The number of aliphatic hydroxyl groups is 1. The number of rotatable bonds is 2. The number of benzene rings is 1. The summed E-state index contributed by atoms with van der Waals surface area (Å²) in [5.41, 5.74) is 1.54. The van der Waals surface area contributed by atoms with Gasteiger partial charge in [0.25, 0.3) is 5.91 Å². The maximum Gasteiger partial charge on any atom is 0.251 e. The van der Waals surface area contributed by atoms with E-state index >= 15 is 0 Å². The van der Waals surface area contributed by atoms with E-state index in [1.165, 1.54) is 0 Å². The molecule has 17 heavy (non-hydrogen) atoms. The van der Waals surface area contributed by atoms with E-state index in [0.717, 1.165) is 10.9 Å². The zero-order valence-corrected chi connectivity index (χ0v) is 9.18. The predicted molar refractivity (Wildman–Crippen MR) is 62.6 cm³/mol. The molecule has 1 aliphatic rings. The molecular weight excluding hydrogens is 218 g/mol. The average Bonchev–Trinajstić information content (AvgIpc) is 2.73. The molecule has 1 fully saturated rings. The van der Waals surface area contributed by atoms with Crippen molar-refractivity contribution in [2.24, 2.45) is 0 Å². The highest BCUT2D eigenvalue weighted by Gasteiger charge is 2.28. The topological polar surface area (TPSA) is 78.0 Å². The molecule has 0 spiro atoms. The normalized spacial score (nSPS) is 23.4. The molecule has 0 aliphatic heterocycles. The zero-order valence-electron chi connectivity index (χ0n) is 9.18. The highest BCUT2D eigenvalue weighted by Crippen LogP contribution is 2.20. The van der Waals surface area contributed by atoms with Crippen molar-refractivity contribution in [3.8, 4) is 0 Å². The van der Waals surface area contributed by atoms with Crippen molar-refractivity contribution < 1.29 is 9.90 Å². The smallest absolute Gasteiger partial charge is 0.251 e. The van der Waals surface area contributed by atoms with Crippen LogP contribution in [-0.2, 0) is 0 Å². The lowest BCUT2D eigenvalue weighted by Crippen LogP contribution is -2.46. The molecule has 0 unspecified atom stereocenters. The number of hydrogen-bond acceptors (Lipinski definition) is 3. The van der Waals surface area contributed by atoms with Gasteiger partial charge in [-0.1, -0.05) is 0 Å². The van der Waals surface area contributed by atoms with E-state index in [4.69, 9.17) is 5.11 Å². The molecule has 1 aromatic carbocycles. The number of aromatic amines is 1. The molecule has 0 radical (unpaired) electrons. The first-order valence-corrected chi connectivity index (χ1v) is 5.64. The Hall–Kier alpha value is -1.88. The highest BCUT2D eigenvalue weighted by molar-refractivity contribution is 5.98. The van der Waals surface area contributed by atoms with Crippen LogP contribution in [0.1, 0.15) is 23.2 Å². The molecule has 3 N–H and O–H groups in total. The lowest BCUT2D eigenvalue weighted by molar-refractivity contribution is 0.0563. The SMILES string of the molecule is O=C(NC1CC(O)C1)c1ccc2[nH]ncc2c1. The van der Waals surface area contributed by atoms with E-state index in [9.17, 15) is 4.79 Å². The van der Waals surface area contributed by atoms with Crippen LogP contribution in [0.2, 0.25) is 0 Å². The number of nitrogens with one attached hydrogen (secondary N) is 2. The molecule has 0 bridgehead atoms. The summed E-state index contributed by atoms with van der Waals surface area (Å²) in [6, 6.07) is 5.53. The van der Waals surface area contributed by atoms with Gasteiger partial charge in [0.1, 0.15) is 0 Å². The molecule has 0 saturated heterocycles. The molecule has 1 aromatic heterocycles. The van der Waals surface area contributed by atoms with Gasteiger partial charge in [-0.3, -0.25) is 9.89 Å². The van der Waals surface area contributed by atoms with Gasteiger partial charge in [0.2, 0.25) is 0 Å². The second-order valence-corrected chi connectivity index (χ2v) is 4.47. The van der Waals surface area contributed by atoms with Crippen LogP contribution in [0.5, 0.6) is 0 Å². The number of fused-ring (bicyclic) bond motifs is 1. The van der Waals surface area contributed by atoms with Gasteiger partial charge in [0, 0.05) is 17.0 Å². The van der Waals surface area contributed by atoms with Crippen molar-refractivity contribution in [3.05, 3.63) is 30.0 Å². The van der Waals surface area contributed by atoms with Gasteiger partial charge in [-0.25, -0.2) is 0 Å². The van der Waals surface area contributed by atoms with E-state index in [2.05, 4.69) is 15.5 Å². The summed E-state index contributed by atoms with van der Waals surface area (Å²) in [4.78, 5) is 11.9. The van der Waals surface area contributed by atoms with Gasteiger partial charge in [-0.05, 0) is 31.0 Å². The Morgan fingerprint density at radius 1 is 1.47 bits per heavy atom. The quantitative estimate of drug-likeness (QED) is 0.716. The van der Waals surface area contributed by atoms with Crippen molar-refractivity contribution in [2.75, 3.05) is 0 Å². The average molecular weight is 231 g/mol. The van der Waals surface area contributed by atoms with Crippen molar-refractivity contribution in [2.45, 2.75) is 25.0 Å². The molecule has 0 atom stereocenters. The van der Waals surface area contributed by atoms with Crippen LogP contribution in [0.25, 0.3) is 10.9 Å². The zero-order chi connectivity index (χ0) is 11.8. The second kappa shape index (κ2) is 3.85. The summed E-state index contributed by atoms with van der Waals surface area (Å²) >= 11 is 0. The van der Waals surface area contributed by atoms with Crippen LogP contribution in [0.3, 0.4) is 0 Å². The van der Waals surface area contributed by atoms with E-state index in [-0.39, 0.29) is 18.1 Å². The summed E-state index contributed by atoms with van der Waals surface area (Å²) in [7, 11) is 0. The van der Waals surface area contributed by atoms with Gasteiger partial charge in [-0.15, -0.1) is 0 Å². The first kappa shape index (κ1) is 10.3. The van der Waals surface area contributed by atoms with E-state index < -0.39 is 0 Å². The first-order valence-electron chi connectivity index (χ1n) is 5.64.